The summed E-state index contributed by atoms with van der Waals surface area (Å²) in [6.45, 7) is 1.12. The molecule has 0 heterocycles. The lowest BCUT2D eigenvalue weighted by molar-refractivity contribution is -0.870. The first-order chi connectivity index (χ1) is 9.29. The zero-order chi connectivity index (χ0) is 15.1. The second kappa shape index (κ2) is 8.53. The summed E-state index contributed by atoms with van der Waals surface area (Å²) in [4.78, 5) is 9.77. The van der Waals surface area contributed by atoms with Gasteiger partial charge >= 0.3 is 7.60 Å². The summed E-state index contributed by atoms with van der Waals surface area (Å²) in [5.41, 5.74) is 0. The van der Waals surface area contributed by atoms with Crippen LogP contribution in [0.3, 0.4) is 0 Å². The second-order valence-electron chi connectivity index (χ2n) is 7.21. The van der Waals surface area contributed by atoms with Gasteiger partial charge < -0.3 is 13.9 Å². The van der Waals surface area contributed by atoms with Gasteiger partial charge in [-0.3, -0.25) is 4.57 Å². The smallest absolute Gasteiger partial charge is 0.328 e. The first-order valence-electron chi connectivity index (χ1n) is 8.05. The van der Waals surface area contributed by atoms with E-state index in [1.165, 1.54) is 38.5 Å². The van der Waals surface area contributed by atoms with Crippen molar-refractivity contribution >= 4 is 7.60 Å². The van der Waals surface area contributed by atoms with Gasteiger partial charge in [-0.05, 0) is 12.3 Å². The van der Waals surface area contributed by atoms with Crippen molar-refractivity contribution in [2.24, 2.45) is 5.92 Å². The third-order valence-corrected chi connectivity index (χ3v) is 5.55. The van der Waals surface area contributed by atoms with Gasteiger partial charge in [-0.25, -0.2) is 0 Å². The molecule has 120 valence electrons. The summed E-state index contributed by atoms with van der Waals surface area (Å²) < 4.78 is 17.8. The maximum absolute atomic E-state index is 11.9. The van der Waals surface area contributed by atoms with E-state index in [0.29, 0.717) is 12.8 Å². The van der Waals surface area contributed by atoms with Crippen LogP contribution in [0.1, 0.15) is 51.4 Å². The Kier molecular flexibility index (Phi) is 7.74. The summed E-state index contributed by atoms with van der Waals surface area (Å²) in [6.07, 6.45) is 10.3. The average molecular weight is 306 g/mol. The molecule has 0 spiro atoms. The fourth-order valence-electron chi connectivity index (χ4n) is 2.74. The minimum atomic E-state index is -3.36. The Morgan fingerprint density at radius 1 is 1.15 bits per heavy atom. The van der Waals surface area contributed by atoms with Crippen molar-refractivity contribution < 1.29 is 18.5 Å². The van der Waals surface area contributed by atoms with Gasteiger partial charge in [0.05, 0.1) is 21.1 Å². The summed E-state index contributed by atoms with van der Waals surface area (Å²) in [6, 6.07) is 0. The predicted molar refractivity (Wildman–Crippen MR) is 84.0 cm³/mol. The highest BCUT2D eigenvalue weighted by atomic mass is 31.2. The van der Waals surface area contributed by atoms with E-state index in [2.05, 4.69) is 21.1 Å². The van der Waals surface area contributed by atoms with Crippen LogP contribution in [0.5, 0.6) is 0 Å². The lowest BCUT2D eigenvalue weighted by atomic mass is 9.86. The number of rotatable bonds is 9. The summed E-state index contributed by atoms with van der Waals surface area (Å²) >= 11 is 0. The zero-order valence-electron chi connectivity index (χ0n) is 13.5. The molecule has 0 saturated heterocycles. The normalized spacial score (nSPS) is 20.8. The first kappa shape index (κ1) is 18.2. The summed E-state index contributed by atoms with van der Waals surface area (Å²) in [7, 11) is 2.80. The van der Waals surface area contributed by atoms with Crippen molar-refractivity contribution in [3.8, 4) is 0 Å². The van der Waals surface area contributed by atoms with E-state index in [0.717, 1.165) is 29.8 Å². The molecule has 0 aromatic rings. The molecule has 0 radical (unpaired) electrons. The molecule has 4 nitrogen and oxygen atoms in total. The Hall–Kier alpha value is 0.110. The molecular weight excluding hydrogens is 273 g/mol. The number of unbranched alkanes of at least 4 members (excludes halogenated alkanes) is 1. The Morgan fingerprint density at radius 3 is 2.40 bits per heavy atom. The molecule has 5 heteroatoms. The quantitative estimate of drug-likeness (QED) is 0.402. The number of likely N-dealkylation sites (N-methyl/N-ethyl adjacent to an activating group) is 1. The second-order valence-corrected chi connectivity index (χ2v) is 9.19. The van der Waals surface area contributed by atoms with Gasteiger partial charge in [-0.1, -0.05) is 44.9 Å². The molecule has 20 heavy (non-hydrogen) atoms. The van der Waals surface area contributed by atoms with Crippen molar-refractivity contribution in [1.82, 2.24) is 0 Å². The van der Waals surface area contributed by atoms with Crippen LogP contribution in [-0.4, -0.2) is 49.8 Å². The van der Waals surface area contributed by atoms with Crippen molar-refractivity contribution in [2.45, 2.75) is 51.4 Å². The van der Waals surface area contributed by atoms with Crippen LogP contribution in [0.4, 0.5) is 0 Å². The maximum atomic E-state index is 11.9. The average Bonchev–Trinajstić information content (AvgIpc) is 2.34. The van der Waals surface area contributed by atoms with E-state index in [1.54, 1.807) is 0 Å². The van der Waals surface area contributed by atoms with Crippen molar-refractivity contribution in [2.75, 3.05) is 40.5 Å². The SMILES string of the molecule is C[N+](C)(C)CCOP(=O)(O)CCCCC1CCCCC1. The standard InChI is InChI=1S/C15H32NO3P/c1-16(2,3)12-13-19-20(17,18)14-8-7-11-15-9-5-4-6-10-15/h15H,4-14H2,1-3H3/p+1. The van der Waals surface area contributed by atoms with Gasteiger partial charge in [0.25, 0.3) is 0 Å². The highest BCUT2D eigenvalue weighted by molar-refractivity contribution is 7.52. The molecular formula is C15H33NO3P+. The highest BCUT2D eigenvalue weighted by Crippen LogP contribution is 2.43. The molecule has 1 atom stereocenters. The van der Waals surface area contributed by atoms with Gasteiger partial charge in [-0.2, -0.15) is 0 Å². The van der Waals surface area contributed by atoms with Crippen LogP contribution >= 0.6 is 7.60 Å². The molecule has 0 aromatic heterocycles. The number of hydrogen-bond donors (Lipinski definition) is 1. The minimum absolute atomic E-state index is 0.316. The van der Waals surface area contributed by atoms with Gasteiger partial charge in [0.15, 0.2) is 0 Å². The largest absolute Gasteiger partial charge is 0.329 e. The van der Waals surface area contributed by atoms with E-state index in [1.807, 2.05) is 0 Å². The molecule has 1 aliphatic rings. The predicted octanol–water partition coefficient (Wildman–Crippen LogP) is 3.65. The molecule has 0 amide bonds. The van der Waals surface area contributed by atoms with E-state index >= 15 is 0 Å². The molecule has 1 saturated carbocycles. The van der Waals surface area contributed by atoms with Crippen LogP contribution in [0.15, 0.2) is 0 Å². The molecule has 1 fully saturated rings. The lowest BCUT2D eigenvalue weighted by Crippen LogP contribution is -2.37. The Balaban J connectivity index is 2.08. The topological polar surface area (TPSA) is 46.5 Å². The van der Waals surface area contributed by atoms with Crippen molar-refractivity contribution in [1.29, 1.82) is 0 Å². The van der Waals surface area contributed by atoms with Crippen LogP contribution in [0.2, 0.25) is 0 Å². The third kappa shape index (κ3) is 9.12. The Bertz CT molecular complexity index is 309. The summed E-state index contributed by atoms with van der Waals surface area (Å²) in [5, 5.41) is 0. The number of quaternary nitrogens is 1. The van der Waals surface area contributed by atoms with E-state index in [-0.39, 0.29) is 0 Å². The maximum Gasteiger partial charge on any atom is 0.328 e. The van der Waals surface area contributed by atoms with Crippen molar-refractivity contribution in [3.63, 3.8) is 0 Å². The molecule has 1 aliphatic carbocycles. The van der Waals surface area contributed by atoms with E-state index < -0.39 is 7.60 Å². The van der Waals surface area contributed by atoms with E-state index in [4.69, 9.17) is 4.52 Å². The third-order valence-electron chi connectivity index (χ3n) is 4.08. The minimum Gasteiger partial charge on any atom is -0.329 e. The van der Waals surface area contributed by atoms with E-state index in [9.17, 15) is 9.46 Å². The molecule has 0 bridgehead atoms. The molecule has 1 N–H and O–H groups in total. The van der Waals surface area contributed by atoms with Crippen LogP contribution in [-0.2, 0) is 9.09 Å². The van der Waals surface area contributed by atoms with Gasteiger partial charge in [0.2, 0.25) is 0 Å². The molecule has 0 aliphatic heterocycles. The number of hydrogen-bond acceptors (Lipinski definition) is 2. The van der Waals surface area contributed by atoms with Crippen molar-refractivity contribution in [3.05, 3.63) is 0 Å². The highest BCUT2D eigenvalue weighted by Gasteiger charge is 2.21. The molecule has 1 rings (SSSR count). The fraction of sp³-hybridized carbons (Fsp3) is 1.00. The first-order valence-corrected chi connectivity index (χ1v) is 9.82. The van der Waals surface area contributed by atoms with Crippen LogP contribution in [0.25, 0.3) is 0 Å². The van der Waals surface area contributed by atoms with Crippen LogP contribution < -0.4 is 0 Å². The Morgan fingerprint density at radius 2 is 1.80 bits per heavy atom. The van der Waals surface area contributed by atoms with Gasteiger partial charge in [0.1, 0.15) is 13.2 Å². The lowest BCUT2D eigenvalue weighted by Gasteiger charge is -2.24. The fourth-order valence-corrected chi connectivity index (χ4v) is 3.86. The zero-order valence-corrected chi connectivity index (χ0v) is 14.4. The monoisotopic (exact) mass is 306 g/mol. The van der Waals surface area contributed by atoms with Gasteiger partial charge in [0, 0.05) is 6.16 Å². The Labute approximate surface area is 124 Å². The molecule has 1 unspecified atom stereocenters. The molecule has 0 aromatic carbocycles. The summed E-state index contributed by atoms with van der Waals surface area (Å²) in [5.74, 6) is 0.862. The van der Waals surface area contributed by atoms with Crippen LogP contribution in [0, 0.1) is 5.92 Å². The van der Waals surface area contributed by atoms with Gasteiger partial charge in [-0.15, -0.1) is 0 Å². The number of nitrogens with zero attached hydrogens (tertiary/aromatic N) is 1.